The molecule has 0 radical (unpaired) electrons. The number of hydrogen-bond donors (Lipinski definition) is 1. The fraction of sp³-hybridized carbons (Fsp3) is 0.500. The lowest BCUT2D eigenvalue weighted by atomic mass is 9.84. The van der Waals surface area contributed by atoms with Crippen molar-refractivity contribution in [1.29, 1.82) is 0 Å². The Bertz CT molecular complexity index is 545. The summed E-state index contributed by atoms with van der Waals surface area (Å²) >= 11 is 0. The average molecular weight is 281 g/mol. The Morgan fingerprint density at radius 1 is 1.20 bits per heavy atom. The highest BCUT2D eigenvalue weighted by atomic mass is 19.4. The van der Waals surface area contributed by atoms with Gasteiger partial charge in [-0.1, -0.05) is 24.6 Å². The molecule has 2 aliphatic heterocycles. The fourth-order valence-electron chi connectivity index (χ4n) is 3.26. The number of nitrogens with one attached hydrogen (secondary N) is 1. The summed E-state index contributed by atoms with van der Waals surface area (Å²) < 4.78 is 39.0. The zero-order chi connectivity index (χ0) is 14.3. The molecule has 4 heteroatoms. The van der Waals surface area contributed by atoms with Crippen LogP contribution in [-0.4, -0.2) is 12.1 Å². The van der Waals surface area contributed by atoms with Crippen molar-refractivity contribution in [2.75, 3.05) is 0 Å². The van der Waals surface area contributed by atoms with E-state index < -0.39 is 11.7 Å². The minimum absolute atomic E-state index is 0.288. The summed E-state index contributed by atoms with van der Waals surface area (Å²) in [6.45, 7) is 1.51. The third kappa shape index (κ3) is 2.62. The molecule has 0 aliphatic carbocycles. The number of rotatable bonds is 1. The second kappa shape index (κ2) is 4.92. The lowest BCUT2D eigenvalue weighted by molar-refractivity contribution is -0.138. The van der Waals surface area contributed by atoms with Crippen molar-refractivity contribution in [3.63, 3.8) is 0 Å². The van der Waals surface area contributed by atoms with Crippen molar-refractivity contribution < 1.29 is 13.2 Å². The number of alkyl halides is 3. The molecule has 1 fully saturated rings. The summed E-state index contributed by atoms with van der Waals surface area (Å²) in [6.07, 6.45) is 2.07. The first-order valence-electron chi connectivity index (χ1n) is 7.08. The summed E-state index contributed by atoms with van der Waals surface area (Å²) in [5, 5.41) is 3.51. The van der Waals surface area contributed by atoms with Gasteiger partial charge >= 0.3 is 6.18 Å². The molecular formula is C16H18F3N. The molecule has 0 aromatic heterocycles. The van der Waals surface area contributed by atoms with Gasteiger partial charge in [0.25, 0.3) is 0 Å². The summed E-state index contributed by atoms with van der Waals surface area (Å²) in [5.74, 6) is 0. The largest absolute Gasteiger partial charge is 0.416 e. The molecule has 0 saturated carbocycles. The molecule has 2 aliphatic rings. The lowest BCUT2D eigenvalue weighted by Gasteiger charge is -2.35. The fourth-order valence-corrected chi connectivity index (χ4v) is 3.26. The van der Waals surface area contributed by atoms with Crippen LogP contribution in [0.5, 0.6) is 0 Å². The van der Waals surface area contributed by atoms with Gasteiger partial charge in [0.15, 0.2) is 0 Å². The Morgan fingerprint density at radius 2 is 2.00 bits per heavy atom. The van der Waals surface area contributed by atoms with Crippen molar-refractivity contribution in [3.05, 3.63) is 41.0 Å². The van der Waals surface area contributed by atoms with Gasteiger partial charge in [-0.3, -0.25) is 0 Å². The summed E-state index contributed by atoms with van der Waals surface area (Å²) in [4.78, 5) is 0. The Balaban J connectivity index is 1.97. The number of fused-ring (bicyclic) bond motifs is 2. The topological polar surface area (TPSA) is 12.0 Å². The Labute approximate surface area is 116 Å². The van der Waals surface area contributed by atoms with E-state index in [0.717, 1.165) is 30.4 Å². The number of hydrogen-bond acceptors (Lipinski definition) is 1. The maximum Gasteiger partial charge on any atom is 0.416 e. The third-order valence-electron chi connectivity index (χ3n) is 4.30. The van der Waals surface area contributed by atoms with E-state index in [9.17, 15) is 13.2 Å². The molecule has 1 aromatic carbocycles. The molecule has 2 atom stereocenters. The summed E-state index contributed by atoms with van der Waals surface area (Å²) in [7, 11) is 0. The monoisotopic (exact) mass is 281 g/mol. The molecule has 1 aromatic rings. The van der Waals surface area contributed by atoms with Gasteiger partial charge in [0.05, 0.1) is 5.56 Å². The Morgan fingerprint density at radius 3 is 2.70 bits per heavy atom. The van der Waals surface area contributed by atoms with Gasteiger partial charge < -0.3 is 5.32 Å². The molecular weight excluding hydrogens is 263 g/mol. The maximum absolute atomic E-state index is 13.0. The normalized spacial score (nSPS) is 26.3. The molecule has 20 heavy (non-hydrogen) atoms. The van der Waals surface area contributed by atoms with Crippen LogP contribution in [0.1, 0.15) is 42.4 Å². The van der Waals surface area contributed by atoms with Crippen LogP contribution < -0.4 is 5.32 Å². The van der Waals surface area contributed by atoms with Gasteiger partial charge in [-0.25, -0.2) is 0 Å². The quantitative estimate of drug-likeness (QED) is 0.808. The first-order chi connectivity index (χ1) is 9.43. The molecule has 1 nitrogen and oxygen atoms in total. The zero-order valence-electron chi connectivity index (χ0n) is 11.4. The van der Waals surface area contributed by atoms with Crippen LogP contribution in [0.2, 0.25) is 0 Å². The zero-order valence-corrected chi connectivity index (χ0v) is 11.4. The number of piperidine rings is 1. The molecule has 0 amide bonds. The van der Waals surface area contributed by atoms with Crippen molar-refractivity contribution >= 4 is 5.57 Å². The molecule has 1 saturated heterocycles. The van der Waals surface area contributed by atoms with Crippen LogP contribution in [0.15, 0.2) is 24.3 Å². The van der Waals surface area contributed by atoms with Gasteiger partial charge in [-0.2, -0.15) is 13.2 Å². The standard InChI is InChI=1S/C16H18F3N/c1-10-5-6-11(9-15(10)16(17,18)19)12-7-13-3-2-4-14(8-12)20-13/h5-7,9,13-14,20H,2-4,8H2,1H3. The van der Waals surface area contributed by atoms with Crippen molar-refractivity contribution in [1.82, 2.24) is 5.32 Å². The Hall–Kier alpha value is -1.29. The smallest absolute Gasteiger partial charge is 0.307 e. The molecule has 108 valence electrons. The van der Waals surface area contributed by atoms with Crippen LogP contribution >= 0.6 is 0 Å². The molecule has 2 unspecified atom stereocenters. The maximum atomic E-state index is 13.0. The van der Waals surface area contributed by atoms with Gasteiger partial charge in [0.2, 0.25) is 0 Å². The number of aryl methyl sites for hydroxylation is 1. The molecule has 0 spiro atoms. The van der Waals surface area contributed by atoms with Crippen LogP contribution in [0.4, 0.5) is 13.2 Å². The SMILES string of the molecule is Cc1ccc(C2=CC3CCCC(C2)N3)cc1C(F)(F)F. The molecule has 1 N–H and O–H groups in total. The molecule has 3 rings (SSSR count). The average Bonchev–Trinajstić information content (AvgIpc) is 2.37. The first kappa shape index (κ1) is 13.7. The van der Waals surface area contributed by atoms with Crippen LogP contribution in [0.25, 0.3) is 5.57 Å². The van der Waals surface area contributed by atoms with Gasteiger partial charge in [-0.05, 0) is 49.0 Å². The van der Waals surface area contributed by atoms with E-state index in [-0.39, 0.29) is 5.56 Å². The van der Waals surface area contributed by atoms with Gasteiger partial charge in [0, 0.05) is 12.1 Å². The predicted octanol–water partition coefficient (Wildman–Crippen LogP) is 4.31. The van der Waals surface area contributed by atoms with E-state index in [1.807, 2.05) is 6.07 Å². The van der Waals surface area contributed by atoms with Crippen molar-refractivity contribution in [3.8, 4) is 0 Å². The second-order valence-corrected chi connectivity index (χ2v) is 5.82. The number of benzene rings is 1. The predicted molar refractivity (Wildman–Crippen MR) is 73.3 cm³/mol. The van der Waals surface area contributed by atoms with Crippen LogP contribution in [-0.2, 0) is 6.18 Å². The van der Waals surface area contributed by atoms with Crippen molar-refractivity contribution in [2.45, 2.75) is 50.9 Å². The number of halogens is 3. The van der Waals surface area contributed by atoms with E-state index in [1.54, 1.807) is 6.07 Å². The summed E-state index contributed by atoms with van der Waals surface area (Å²) in [5.41, 5.74) is 1.56. The minimum atomic E-state index is -4.27. The highest BCUT2D eigenvalue weighted by Gasteiger charge is 2.33. The van der Waals surface area contributed by atoms with E-state index in [2.05, 4.69) is 11.4 Å². The van der Waals surface area contributed by atoms with E-state index >= 15 is 0 Å². The molecule has 2 heterocycles. The summed E-state index contributed by atoms with van der Waals surface area (Å²) in [6, 6.07) is 5.45. The van der Waals surface area contributed by atoms with Gasteiger partial charge in [0.1, 0.15) is 0 Å². The van der Waals surface area contributed by atoms with E-state index in [1.165, 1.54) is 19.4 Å². The van der Waals surface area contributed by atoms with E-state index in [4.69, 9.17) is 0 Å². The highest BCUT2D eigenvalue weighted by molar-refractivity contribution is 5.68. The minimum Gasteiger partial charge on any atom is -0.307 e. The van der Waals surface area contributed by atoms with Crippen molar-refractivity contribution in [2.24, 2.45) is 0 Å². The van der Waals surface area contributed by atoms with Crippen LogP contribution in [0.3, 0.4) is 0 Å². The van der Waals surface area contributed by atoms with E-state index in [0.29, 0.717) is 12.1 Å². The Kier molecular flexibility index (Phi) is 3.36. The lowest BCUT2D eigenvalue weighted by Crippen LogP contribution is -2.44. The molecule has 2 bridgehead atoms. The van der Waals surface area contributed by atoms with Gasteiger partial charge in [-0.15, -0.1) is 0 Å². The first-order valence-corrected chi connectivity index (χ1v) is 7.08. The third-order valence-corrected chi connectivity index (χ3v) is 4.30. The second-order valence-electron chi connectivity index (χ2n) is 5.82. The van der Waals surface area contributed by atoms with Crippen LogP contribution in [0, 0.1) is 6.92 Å². The highest BCUT2D eigenvalue weighted by Crippen LogP contribution is 2.36.